The van der Waals surface area contributed by atoms with Crippen molar-refractivity contribution >= 4 is 21.6 Å². The summed E-state index contributed by atoms with van der Waals surface area (Å²) in [6.07, 6.45) is 1.14. The topological polar surface area (TPSA) is 33.6 Å². The van der Waals surface area contributed by atoms with Crippen LogP contribution in [-0.4, -0.2) is 18.4 Å². The number of nitrogens with zero attached hydrogens (tertiary/aromatic N) is 1. The van der Waals surface area contributed by atoms with Crippen molar-refractivity contribution in [2.75, 3.05) is 6.54 Å². The first-order chi connectivity index (χ1) is 7.74. The normalized spacial score (nSPS) is 19.4. The summed E-state index contributed by atoms with van der Waals surface area (Å²) in [5, 5.41) is 7.30. The number of benzene rings is 1. The van der Waals surface area contributed by atoms with Gasteiger partial charge in [0.2, 0.25) is 0 Å². The second-order valence-corrected chi connectivity index (χ2v) is 4.93. The van der Waals surface area contributed by atoms with Crippen LogP contribution in [0.4, 0.5) is 0 Å². The monoisotopic (exact) mass is 282 g/mol. The summed E-state index contributed by atoms with van der Waals surface area (Å²) in [6, 6.07) is 8.29. The lowest BCUT2D eigenvalue weighted by Gasteiger charge is -2.09. The smallest absolute Gasteiger partial charge is 0.145 e. The Bertz CT molecular complexity index is 392. The molecule has 0 aliphatic carbocycles. The Hall–Kier alpha value is -0.870. The largest absolute Gasteiger partial charge is 0.391 e. The third-order valence-corrected chi connectivity index (χ3v) is 2.96. The summed E-state index contributed by atoms with van der Waals surface area (Å²) in [7, 11) is 0. The molecular weight excluding hydrogens is 268 g/mol. The third-order valence-electron chi connectivity index (χ3n) is 2.47. The molecule has 0 bridgehead atoms. The minimum atomic E-state index is 0.201. The van der Waals surface area contributed by atoms with E-state index in [2.05, 4.69) is 38.5 Å². The van der Waals surface area contributed by atoms with Gasteiger partial charge in [-0.1, -0.05) is 33.2 Å². The molecule has 4 heteroatoms. The quantitative estimate of drug-likeness (QED) is 0.921. The summed E-state index contributed by atoms with van der Waals surface area (Å²) >= 11 is 3.46. The second kappa shape index (κ2) is 5.46. The molecule has 0 fully saturated rings. The molecule has 1 N–H and O–H groups in total. The first-order valence-electron chi connectivity index (χ1n) is 5.38. The molecule has 0 aromatic heterocycles. The van der Waals surface area contributed by atoms with Crippen molar-refractivity contribution in [3.05, 3.63) is 34.3 Å². The summed E-state index contributed by atoms with van der Waals surface area (Å²) in [4.78, 5) is 5.24. The maximum Gasteiger partial charge on any atom is 0.145 e. The van der Waals surface area contributed by atoms with E-state index < -0.39 is 0 Å². The highest BCUT2D eigenvalue weighted by molar-refractivity contribution is 9.10. The summed E-state index contributed by atoms with van der Waals surface area (Å²) in [5.41, 5.74) is 2.35. The van der Waals surface area contributed by atoms with Gasteiger partial charge in [-0.2, -0.15) is 0 Å². The number of halogens is 1. The van der Waals surface area contributed by atoms with Gasteiger partial charge in [-0.15, -0.1) is 0 Å². The van der Waals surface area contributed by atoms with Gasteiger partial charge in [-0.05, 0) is 24.6 Å². The van der Waals surface area contributed by atoms with Crippen molar-refractivity contribution in [1.29, 1.82) is 0 Å². The van der Waals surface area contributed by atoms with Crippen LogP contribution in [0.1, 0.15) is 18.9 Å². The van der Waals surface area contributed by atoms with E-state index in [0.29, 0.717) is 0 Å². The summed E-state index contributed by atoms with van der Waals surface area (Å²) in [5.74, 6) is 0. The van der Waals surface area contributed by atoms with Crippen molar-refractivity contribution in [2.24, 2.45) is 5.16 Å². The number of hydrogen-bond donors (Lipinski definition) is 1. The van der Waals surface area contributed by atoms with Gasteiger partial charge in [0.1, 0.15) is 6.10 Å². The average Bonchev–Trinajstić information content (AvgIpc) is 2.64. The van der Waals surface area contributed by atoms with Crippen molar-refractivity contribution in [3.63, 3.8) is 0 Å². The molecule has 1 atom stereocenters. The van der Waals surface area contributed by atoms with Crippen LogP contribution in [0.2, 0.25) is 0 Å². The van der Waals surface area contributed by atoms with Crippen LogP contribution in [-0.2, 0) is 11.4 Å². The van der Waals surface area contributed by atoms with Crippen LogP contribution >= 0.6 is 15.9 Å². The number of rotatable bonds is 4. The Morgan fingerprint density at radius 1 is 1.56 bits per heavy atom. The van der Waals surface area contributed by atoms with E-state index in [1.54, 1.807) is 0 Å². The zero-order valence-corrected chi connectivity index (χ0v) is 10.8. The Kier molecular flexibility index (Phi) is 3.96. The van der Waals surface area contributed by atoms with E-state index in [1.165, 1.54) is 5.56 Å². The Morgan fingerprint density at radius 3 is 3.12 bits per heavy atom. The molecule has 0 radical (unpaired) electrons. The molecule has 0 saturated heterocycles. The fourth-order valence-corrected chi connectivity index (χ4v) is 2.15. The Morgan fingerprint density at radius 2 is 2.44 bits per heavy atom. The zero-order chi connectivity index (χ0) is 11.4. The van der Waals surface area contributed by atoms with Gasteiger partial charge < -0.3 is 10.2 Å². The van der Waals surface area contributed by atoms with Crippen molar-refractivity contribution in [2.45, 2.75) is 26.0 Å². The molecule has 0 spiro atoms. The highest BCUT2D eigenvalue weighted by Gasteiger charge is 2.16. The van der Waals surface area contributed by atoms with Crippen LogP contribution in [0.25, 0.3) is 0 Å². The molecular formula is C12H15BrN2O. The molecule has 0 amide bonds. The highest BCUT2D eigenvalue weighted by atomic mass is 79.9. The summed E-state index contributed by atoms with van der Waals surface area (Å²) in [6.45, 7) is 3.69. The number of nitrogens with one attached hydrogen (secondary N) is 1. The first kappa shape index (κ1) is 11.6. The molecule has 1 unspecified atom stereocenters. The predicted molar refractivity (Wildman–Crippen MR) is 68.4 cm³/mol. The summed E-state index contributed by atoms with van der Waals surface area (Å²) < 4.78 is 1.11. The average molecular weight is 283 g/mol. The molecule has 86 valence electrons. The fourth-order valence-electron chi connectivity index (χ4n) is 1.70. The van der Waals surface area contributed by atoms with Gasteiger partial charge in [0.25, 0.3) is 0 Å². The second-order valence-electron chi connectivity index (χ2n) is 4.02. The minimum Gasteiger partial charge on any atom is -0.391 e. The third kappa shape index (κ3) is 3.32. The van der Waals surface area contributed by atoms with Crippen molar-refractivity contribution in [3.8, 4) is 0 Å². The Balaban J connectivity index is 1.72. The molecule has 1 aliphatic heterocycles. The van der Waals surface area contributed by atoms with Gasteiger partial charge in [0.15, 0.2) is 0 Å². The first-order valence-corrected chi connectivity index (χ1v) is 6.18. The van der Waals surface area contributed by atoms with E-state index in [1.807, 2.05) is 19.1 Å². The molecule has 0 saturated carbocycles. The van der Waals surface area contributed by atoms with Crippen LogP contribution in [0.3, 0.4) is 0 Å². The lowest BCUT2D eigenvalue weighted by Crippen LogP contribution is -2.26. The van der Waals surface area contributed by atoms with Crippen LogP contribution in [0.5, 0.6) is 0 Å². The Labute approximate surface area is 104 Å². The lowest BCUT2D eigenvalue weighted by molar-refractivity contribution is 0.0848. The molecule has 2 rings (SSSR count). The van der Waals surface area contributed by atoms with Crippen LogP contribution in [0.15, 0.2) is 33.9 Å². The maximum atomic E-state index is 5.24. The van der Waals surface area contributed by atoms with E-state index >= 15 is 0 Å². The maximum absolute atomic E-state index is 5.24. The molecule has 1 aliphatic rings. The molecule has 3 nitrogen and oxygen atoms in total. The van der Waals surface area contributed by atoms with Crippen molar-refractivity contribution < 1.29 is 4.84 Å². The fraction of sp³-hybridized carbons (Fsp3) is 0.417. The van der Waals surface area contributed by atoms with Gasteiger partial charge in [0.05, 0.1) is 5.71 Å². The van der Waals surface area contributed by atoms with E-state index in [-0.39, 0.29) is 6.10 Å². The van der Waals surface area contributed by atoms with Crippen molar-refractivity contribution in [1.82, 2.24) is 5.32 Å². The SMILES string of the molecule is CC1=NOC(CNCc2cccc(Br)c2)C1. The highest BCUT2D eigenvalue weighted by Crippen LogP contribution is 2.12. The number of oxime groups is 1. The minimum absolute atomic E-state index is 0.201. The van der Waals surface area contributed by atoms with Gasteiger partial charge >= 0.3 is 0 Å². The van der Waals surface area contributed by atoms with Gasteiger partial charge in [0, 0.05) is 24.0 Å². The molecule has 1 heterocycles. The van der Waals surface area contributed by atoms with E-state index in [0.717, 1.165) is 29.7 Å². The van der Waals surface area contributed by atoms with E-state index in [9.17, 15) is 0 Å². The standard InChI is InChI=1S/C12H15BrN2O/c1-9-5-12(16-15-9)8-14-7-10-3-2-4-11(13)6-10/h2-4,6,12,14H,5,7-8H2,1H3. The molecule has 16 heavy (non-hydrogen) atoms. The van der Waals surface area contributed by atoms with Gasteiger partial charge in [-0.3, -0.25) is 0 Å². The zero-order valence-electron chi connectivity index (χ0n) is 9.24. The van der Waals surface area contributed by atoms with E-state index in [4.69, 9.17) is 4.84 Å². The lowest BCUT2D eigenvalue weighted by atomic mass is 10.2. The van der Waals surface area contributed by atoms with Gasteiger partial charge in [-0.25, -0.2) is 0 Å². The van der Waals surface area contributed by atoms with Crippen LogP contribution in [0, 0.1) is 0 Å². The van der Waals surface area contributed by atoms with Crippen LogP contribution < -0.4 is 5.32 Å². The number of hydrogen-bond acceptors (Lipinski definition) is 3. The predicted octanol–water partition coefficient (Wildman–Crippen LogP) is 2.70. The molecule has 1 aromatic carbocycles. The molecule has 1 aromatic rings.